The summed E-state index contributed by atoms with van der Waals surface area (Å²) in [5, 5.41) is 0. The number of rotatable bonds is 2. The van der Waals surface area contributed by atoms with Crippen LogP contribution in [0.15, 0.2) is 6.07 Å². The Labute approximate surface area is 72.0 Å². The molecule has 1 aromatic rings. The highest BCUT2D eigenvalue weighted by Crippen LogP contribution is 2.47. The number of carbonyl (C=O) groups is 1. The van der Waals surface area contributed by atoms with Crippen molar-refractivity contribution in [2.24, 2.45) is 0 Å². The molecule has 0 atom stereocenters. The molecule has 0 aromatic carbocycles. The zero-order valence-corrected chi connectivity index (χ0v) is 7.48. The molecule has 0 amide bonds. The van der Waals surface area contributed by atoms with E-state index in [1.165, 1.54) is 5.56 Å². The van der Waals surface area contributed by atoms with Gasteiger partial charge in [0.15, 0.2) is 0 Å². The molecule has 1 aromatic heterocycles. The van der Waals surface area contributed by atoms with Crippen LogP contribution >= 0.6 is 0 Å². The Morgan fingerprint density at radius 2 is 2.17 bits per heavy atom. The Balaban J connectivity index is 2.45. The quantitative estimate of drug-likeness (QED) is 0.663. The summed E-state index contributed by atoms with van der Waals surface area (Å²) in [4.78, 5) is 14.1. The summed E-state index contributed by atoms with van der Waals surface area (Å²) >= 11 is 0. The molecule has 1 aliphatic carbocycles. The van der Waals surface area contributed by atoms with Crippen LogP contribution in [0, 0.1) is 13.8 Å². The standard InChI is InChI=1S/C10H13NO/c1-7-5-9(8(2)11-7)10(6-12)3-4-10/h5-6,11H,3-4H2,1-2H3. The van der Waals surface area contributed by atoms with Crippen molar-refractivity contribution in [1.29, 1.82) is 0 Å². The summed E-state index contributed by atoms with van der Waals surface area (Å²) in [6.45, 7) is 4.06. The van der Waals surface area contributed by atoms with Gasteiger partial charge >= 0.3 is 0 Å². The Kier molecular flexibility index (Phi) is 1.40. The van der Waals surface area contributed by atoms with Crippen LogP contribution in [0.4, 0.5) is 0 Å². The van der Waals surface area contributed by atoms with Gasteiger partial charge in [-0.1, -0.05) is 0 Å². The molecule has 1 heterocycles. The van der Waals surface area contributed by atoms with Gasteiger partial charge in [0.2, 0.25) is 0 Å². The molecule has 0 bridgehead atoms. The third kappa shape index (κ3) is 0.909. The SMILES string of the molecule is Cc1cc(C2(C=O)CC2)c(C)[nH]1. The summed E-state index contributed by atoms with van der Waals surface area (Å²) in [6.07, 6.45) is 3.14. The van der Waals surface area contributed by atoms with Gasteiger partial charge < -0.3 is 9.78 Å². The van der Waals surface area contributed by atoms with Crippen LogP contribution in [-0.2, 0) is 10.2 Å². The second-order valence-electron chi connectivity index (χ2n) is 3.77. The smallest absolute Gasteiger partial charge is 0.130 e. The zero-order valence-electron chi connectivity index (χ0n) is 7.48. The number of aryl methyl sites for hydroxylation is 2. The largest absolute Gasteiger partial charge is 0.362 e. The van der Waals surface area contributed by atoms with Crippen LogP contribution in [0.3, 0.4) is 0 Å². The molecule has 0 unspecified atom stereocenters. The van der Waals surface area contributed by atoms with Crippen molar-refractivity contribution >= 4 is 6.29 Å². The van der Waals surface area contributed by atoms with Gasteiger partial charge in [-0.2, -0.15) is 0 Å². The predicted molar refractivity (Wildman–Crippen MR) is 47.2 cm³/mol. The fourth-order valence-electron chi connectivity index (χ4n) is 1.83. The molecule has 0 radical (unpaired) electrons. The number of H-pyrrole nitrogens is 1. The van der Waals surface area contributed by atoms with E-state index in [0.717, 1.165) is 30.5 Å². The lowest BCUT2D eigenvalue weighted by Gasteiger charge is -2.04. The molecular formula is C10H13NO. The summed E-state index contributed by atoms with van der Waals surface area (Å²) in [5.74, 6) is 0. The van der Waals surface area contributed by atoms with Crippen molar-refractivity contribution in [2.75, 3.05) is 0 Å². The highest BCUT2D eigenvalue weighted by atomic mass is 16.1. The van der Waals surface area contributed by atoms with Crippen molar-refractivity contribution in [2.45, 2.75) is 32.1 Å². The molecule has 2 rings (SSSR count). The maximum atomic E-state index is 10.8. The minimum atomic E-state index is -0.116. The number of hydrogen-bond acceptors (Lipinski definition) is 1. The average molecular weight is 163 g/mol. The number of carbonyl (C=O) groups excluding carboxylic acids is 1. The van der Waals surface area contributed by atoms with Crippen LogP contribution < -0.4 is 0 Å². The van der Waals surface area contributed by atoms with Gasteiger partial charge in [0.05, 0.1) is 5.41 Å². The van der Waals surface area contributed by atoms with E-state index in [-0.39, 0.29) is 5.41 Å². The molecule has 64 valence electrons. The minimum absolute atomic E-state index is 0.116. The first kappa shape index (κ1) is 7.59. The van der Waals surface area contributed by atoms with Gasteiger partial charge in [-0.15, -0.1) is 0 Å². The van der Waals surface area contributed by atoms with Crippen molar-refractivity contribution in [3.8, 4) is 0 Å². The number of aromatic amines is 1. The van der Waals surface area contributed by atoms with E-state index in [9.17, 15) is 4.79 Å². The molecule has 0 aliphatic heterocycles. The van der Waals surface area contributed by atoms with E-state index in [4.69, 9.17) is 0 Å². The Bertz CT molecular complexity index is 321. The Morgan fingerprint density at radius 1 is 1.50 bits per heavy atom. The third-order valence-corrected chi connectivity index (χ3v) is 2.70. The molecular weight excluding hydrogens is 150 g/mol. The molecule has 2 nitrogen and oxygen atoms in total. The van der Waals surface area contributed by atoms with Crippen molar-refractivity contribution in [1.82, 2.24) is 4.98 Å². The van der Waals surface area contributed by atoms with Crippen LogP contribution in [0.2, 0.25) is 0 Å². The minimum Gasteiger partial charge on any atom is -0.362 e. The van der Waals surface area contributed by atoms with E-state index < -0.39 is 0 Å². The van der Waals surface area contributed by atoms with Gasteiger partial charge in [-0.05, 0) is 38.3 Å². The van der Waals surface area contributed by atoms with Gasteiger partial charge in [0.1, 0.15) is 6.29 Å². The molecule has 2 heteroatoms. The van der Waals surface area contributed by atoms with Gasteiger partial charge in [-0.3, -0.25) is 0 Å². The van der Waals surface area contributed by atoms with Crippen LogP contribution in [0.25, 0.3) is 0 Å². The van der Waals surface area contributed by atoms with Gasteiger partial charge in [0, 0.05) is 11.4 Å². The van der Waals surface area contributed by atoms with Crippen LogP contribution in [-0.4, -0.2) is 11.3 Å². The number of hydrogen-bond donors (Lipinski definition) is 1. The van der Waals surface area contributed by atoms with E-state index in [1.807, 2.05) is 13.8 Å². The molecule has 0 spiro atoms. The molecule has 12 heavy (non-hydrogen) atoms. The molecule has 1 saturated carbocycles. The lowest BCUT2D eigenvalue weighted by atomic mass is 9.98. The van der Waals surface area contributed by atoms with Crippen LogP contribution in [0.1, 0.15) is 29.8 Å². The number of aromatic nitrogens is 1. The van der Waals surface area contributed by atoms with E-state index >= 15 is 0 Å². The first-order chi connectivity index (χ1) is 5.68. The first-order valence-corrected chi connectivity index (χ1v) is 4.31. The summed E-state index contributed by atoms with van der Waals surface area (Å²) in [7, 11) is 0. The Morgan fingerprint density at radius 3 is 2.50 bits per heavy atom. The van der Waals surface area contributed by atoms with E-state index in [1.54, 1.807) is 0 Å². The molecule has 0 saturated heterocycles. The maximum Gasteiger partial charge on any atom is 0.130 e. The average Bonchev–Trinajstić information content (AvgIpc) is 2.74. The second-order valence-corrected chi connectivity index (χ2v) is 3.77. The zero-order chi connectivity index (χ0) is 8.77. The van der Waals surface area contributed by atoms with Crippen LogP contribution in [0.5, 0.6) is 0 Å². The highest BCUT2D eigenvalue weighted by molar-refractivity contribution is 5.73. The first-order valence-electron chi connectivity index (χ1n) is 4.31. The van der Waals surface area contributed by atoms with Crippen molar-refractivity contribution < 1.29 is 4.79 Å². The van der Waals surface area contributed by atoms with E-state index in [0.29, 0.717) is 0 Å². The maximum absolute atomic E-state index is 10.8. The predicted octanol–water partition coefficient (Wildman–Crippen LogP) is 1.86. The Hall–Kier alpha value is -1.05. The van der Waals surface area contributed by atoms with Gasteiger partial charge in [0.25, 0.3) is 0 Å². The monoisotopic (exact) mass is 163 g/mol. The lowest BCUT2D eigenvalue weighted by Crippen LogP contribution is -2.07. The molecule has 1 aliphatic rings. The number of nitrogens with one attached hydrogen (secondary N) is 1. The summed E-state index contributed by atoms with van der Waals surface area (Å²) < 4.78 is 0. The molecule has 1 N–H and O–H groups in total. The van der Waals surface area contributed by atoms with Crippen molar-refractivity contribution in [3.05, 3.63) is 23.0 Å². The second kappa shape index (κ2) is 2.22. The topological polar surface area (TPSA) is 32.9 Å². The lowest BCUT2D eigenvalue weighted by molar-refractivity contribution is -0.109. The van der Waals surface area contributed by atoms with Gasteiger partial charge in [-0.25, -0.2) is 0 Å². The normalized spacial score (nSPS) is 19.2. The summed E-state index contributed by atoms with van der Waals surface area (Å²) in [6, 6.07) is 2.09. The fraction of sp³-hybridized carbons (Fsp3) is 0.500. The summed E-state index contributed by atoms with van der Waals surface area (Å²) in [5.41, 5.74) is 3.39. The fourth-order valence-corrected chi connectivity index (χ4v) is 1.83. The van der Waals surface area contributed by atoms with E-state index in [2.05, 4.69) is 11.1 Å². The number of aldehydes is 1. The third-order valence-electron chi connectivity index (χ3n) is 2.70. The van der Waals surface area contributed by atoms with Crippen molar-refractivity contribution in [3.63, 3.8) is 0 Å². The highest BCUT2D eigenvalue weighted by Gasteiger charge is 2.45. The molecule has 1 fully saturated rings.